The van der Waals surface area contributed by atoms with E-state index in [1.165, 1.54) is 12.4 Å². The first-order valence-corrected chi connectivity index (χ1v) is 39.1. The molecule has 0 radical (unpaired) electrons. The summed E-state index contributed by atoms with van der Waals surface area (Å²) in [5, 5.41) is 88.2. The molecule has 9 rings (SSSR count). The first-order chi connectivity index (χ1) is 43.6. The van der Waals surface area contributed by atoms with Crippen LogP contribution < -0.4 is 22.2 Å². The number of aliphatic hydroxyl groups excluding tert-OH is 9. The lowest BCUT2D eigenvalue weighted by Gasteiger charge is -2.27. The molecule has 0 saturated carbocycles. The zero-order valence-electron chi connectivity index (χ0n) is 46.0. The maximum Gasteiger partial charge on any atom is 0.492 e. The SMILES string of the molecule is O=c1[nH]c(=S)[nH]cc1[C@@H]1O[C@H](CO)[C@H](O)C1O.O=c1[nH]c(=S)[nH]cc1[C@@H]1O[C@H](COP(=O)(Cl)Cl)[C@H](O)C1O.O=c1[nH]c(=S)[nH]cc1[C@@H]1O[C@H](COP(=O)(O)OP(=O)(O)OP(=O)(O)O)[C@H](O)C1O.O=c1[nH]c(=S)[nH]cc1[C@@H]1O[C@H](COP2(=O)OP(=O)(O)OP(=O)(O)O2)[C@H](O)C1O. The Hall–Kier alpha value is -2.49. The van der Waals surface area contributed by atoms with Gasteiger partial charge in [-0.3, -0.25) is 52.7 Å². The van der Waals surface area contributed by atoms with Crippen LogP contribution in [-0.4, -0.2) is 215 Å². The van der Waals surface area contributed by atoms with Gasteiger partial charge in [-0.15, -0.1) is 0 Å². The van der Waals surface area contributed by atoms with Crippen LogP contribution in [0.4, 0.5) is 0 Å². The largest absolute Gasteiger partial charge is 0.492 e. The molecule has 0 amide bonds. The van der Waals surface area contributed by atoms with Crippen molar-refractivity contribution in [2.75, 3.05) is 26.4 Å². The average molecular weight is 1620 g/mol. The smallest absolute Gasteiger partial charge is 0.394 e. The maximum atomic E-state index is 12.2. The van der Waals surface area contributed by atoms with E-state index in [9.17, 15) is 96.9 Å². The van der Waals surface area contributed by atoms with E-state index in [-0.39, 0.29) is 41.3 Å². The third-order valence-corrected chi connectivity index (χ3v) is 23.5. The van der Waals surface area contributed by atoms with E-state index in [4.69, 9.17) is 120 Å². The number of phosphoric acid groups is 6. The number of phosphoric ester groups is 1. The van der Waals surface area contributed by atoms with E-state index in [2.05, 4.69) is 75.0 Å². The number of aromatic amines is 8. The summed E-state index contributed by atoms with van der Waals surface area (Å²) in [6.45, 7) is -2.72. The molecule has 23 N–H and O–H groups in total. The van der Waals surface area contributed by atoms with Crippen LogP contribution in [0.2, 0.25) is 0 Å². The second-order valence-corrected chi connectivity index (χ2v) is 34.4. The first-order valence-electron chi connectivity index (χ1n) is 25.1. The molecule has 0 spiro atoms. The number of aromatic nitrogens is 8. The summed E-state index contributed by atoms with van der Waals surface area (Å²) >= 11 is 29.4. The number of ether oxygens (including phenoxy) is 4. The Labute approximate surface area is 554 Å². The van der Waals surface area contributed by atoms with Crippen molar-refractivity contribution in [1.29, 1.82) is 0 Å². The lowest BCUT2D eigenvalue weighted by atomic mass is 10.0. The Kier molecular flexibility index (Phi) is 28.0. The van der Waals surface area contributed by atoms with E-state index < -0.39 is 199 Å². The fourth-order valence-electron chi connectivity index (χ4n) is 8.38. The Morgan fingerprint density at radius 3 is 1.03 bits per heavy atom. The van der Waals surface area contributed by atoms with Gasteiger partial charge in [0.15, 0.2) is 19.1 Å². The maximum absolute atomic E-state index is 12.2. The molecule has 0 bridgehead atoms. The second kappa shape index (κ2) is 32.7. The summed E-state index contributed by atoms with van der Waals surface area (Å²) in [5.74, 6) is 0. The van der Waals surface area contributed by atoms with Crippen LogP contribution in [0.15, 0.2) is 44.0 Å². The third-order valence-electron chi connectivity index (χ3n) is 12.5. The number of hydrogen-bond acceptors (Lipinski definition) is 36. The van der Waals surface area contributed by atoms with Gasteiger partial charge in [-0.2, -0.15) is 21.6 Å². The van der Waals surface area contributed by atoms with Crippen molar-refractivity contribution in [2.45, 2.75) is 97.7 Å². The van der Waals surface area contributed by atoms with Crippen LogP contribution in [0.1, 0.15) is 46.7 Å². The molecule has 59 heteroatoms. The van der Waals surface area contributed by atoms with Gasteiger partial charge in [0.1, 0.15) is 97.7 Å². The fourth-order valence-corrected chi connectivity index (χ4v) is 17.6. The molecule has 95 heavy (non-hydrogen) atoms. The molecule has 5 saturated heterocycles. The number of halogens is 2. The third kappa shape index (κ3) is 22.8. The monoisotopic (exact) mass is 1620 g/mol. The summed E-state index contributed by atoms with van der Waals surface area (Å²) in [6, 6.07) is 0. The number of nitrogens with one attached hydrogen (secondary N) is 8. The van der Waals surface area contributed by atoms with Crippen molar-refractivity contribution in [3.8, 4) is 0 Å². The van der Waals surface area contributed by atoms with Crippen LogP contribution in [0, 0.1) is 19.1 Å². The van der Waals surface area contributed by atoms with E-state index in [0.717, 1.165) is 12.4 Å². The molecule has 5 aliphatic rings. The van der Waals surface area contributed by atoms with Crippen LogP contribution >= 0.6 is 124 Å². The minimum absolute atomic E-state index is 0.00967. The molecule has 536 valence electrons. The summed E-state index contributed by atoms with van der Waals surface area (Å²) in [4.78, 5) is 120. The van der Waals surface area contributed by atoms with Gasteiger partial charge in [0, 0.05) is 24.8 Å². The van der Waals surface area contributed by atoms with Gasteiger partial charge in [-0.05, 0) is 71.4 Å². The van der Waals surface area contributed by atoms with Gasteiger partial charge in [0.2, 0.25) is 0 Å². The molecule has 8 unspecified atom stereocenters. The van der Waals surface area contributed by atoms with Gasteiger partial charge in [0.05, 0.1) is 48.7 Å². The fraction of sp³-hybridized carbons (Fsp3) is 0.556. The van der Waals surface area contributed by atoms with Crippen LogP contribution in [0.3, 0.4) is 0 Å². The summed E-state index contributed by atoms with van der Waals surface area (Å²) in [5.41, 5.74) is -2.59. The highest BCUT2D eigenvalue weighted by Crippen LogP contribution is 2.80. The molecule has 9 heterocycles. The average Bonchev–Trinajstić information content (AvgIpc) is 1.41. The van der Waals surface area contributed by atoms with Crippen molar-refractivity contribution < 1.29 is 161 Å². The Balaban J connectivity index is 0.000000204. The zero-order chi connectivity index (χ0) is 71.5. The van der Waals surface area contributed by atoms with E-state index in [1.54, 1.807) is 0 Å². The molecule has 0 aromatic carbocycles. The predicted octanol–water partition coefficient (Wildman–Crippen LogP) is -1.30. The van der Waals surface area contributed by atoms with Crippen LogP contribution in [-0.2, 0) is 86.0 Å². The molecular formula is C36H51Cl2N8O38P7S4. The normalized spacial score (nSPS) is 34.3. The molecular weight excluding hydrogens is 1570 g/mol. The molecule has 46 nitrogen and oxygen atoms in total. The van der Waals surface area contributed by atoms with Crippen molar-refractivity contribution >= 4 is 124 Å². The minimum atomic E-state index is -5.71. The zero-order valence-corrected chi connectivity index (χ0v) is 57.0. The summed E-state index contributed by atoms with van der Waals surface area (Å²) in [7, 11) is -32.2. The number of aliphatic hydroxyl groups is 9. The molecule has 4 aromatic rings. The minimum Gasteiger partial charge on any atom is -0.394 e. The number of rotatable bonds is 18. The molecule has 0 aliphatic carbocycles. The topological polar surface area (TPSA) is 728 Å². The second-order valence-electron chi connectivity index (χ2n) is 19.1. The van der Waals surface area contributed by atoms with E-state index in [1.807, 2.05) is 0 Å². The van der Waals surface area contributed by atoms with Gasteiger partial charge in [-0.1, -0.05) is 0 Å². The first kappa shape index (κ1) is 81.5. The summed E-state index contributed by atoms with van der Waals surface area (Å²) < 4.78 is 133. The van der Waals surface area contributed by atoms with Crippen LogP contribution in [0.5, 0.6) is 0 Å². The van der Waals surface area contributed by atoms with Crippen molar-refractivity contribution in [3.63, 3.8) is 0 Å². The van der Waals surface area contributed by atoms with Crippen molar-refractivity contribution in [1.82, 2.24) is 39.9 Å². The predicted molar refractivity (Wildman–Crippen MR) is 316 cm³/mol. The van der Waals surface area contributed by atoms with E-state index in [0.29, 0.717) is 0 Å². The van der Waals surface area contributed by atoms with Gasteiger partial charge >= 0.3 is 53.0 Å². The molecule has 20 atom stereocenters. The highest BCUT2D eigenvalue weighted by Gasteiger charge is 2.56. The van der Waals surface area contributed by atoms with Crippen molar-refractivity contribution in [2.24, 2.45) is 0 Å². The lowest BCUT2D eigenvalue weighted by molar-refractivity contribution is -0.0235. The standard InChI is InChI=1S/C9H11Cl2N2O6PS.C9H15N2O14P3S.C9H13N2O13P3S.C9H12N2O5S/c10-20(11,17)18-2-4-5(14)6(15)7(19-4)3-1-12-9(21)13-8(3)16;12-5-4(2-22-27(18,19)25-28(20,21)24-26(15,16)17)23-7(6(5)13)3-1-10-9(29)11-8(3)14;12-5-4(2-20-27(19)23-25(15,16)22-26(17,18)24-27)21-7(6(5)13)3-1-10-9(28)11-8(3)14;12-2-4-5(13)6(14)7(16-4)3-1-10-9(17)11-8(3)15/h1,4-7,14-15H,2H2,(H2,12,13,16,21);1,4-7,12-13H,2H2,(H,18,19)(H,20,21)(H2,15,16,17)(H2,10,11,14,29);1,4-7,12-13H,2H2,(H,15,16)(H,17,18)(H2,10,11,14,28);1,4-7,12-14H,2H2,(H2,10,11,15,17)/t4*4-,5+,6?,7+/m1111/s1. The van der Waals surface area contributed by atoms with Crippen LogP contribution in [0.25, 0.3) is 0 Å². The Morgan fingerprint density at radius 1 is 0.453 bits per heavy atom. The van der Waals surface area contributed by atoms with Gasteiger partial charge < -0.3 is 119 Å². The quantitative estimate of drug-likeness (QED) is 0.0407. The number of H-pyrrole nitrogens is 8. The molecule has 5 aliphatic heterocycles. The Bertz CT molecular complexity index is 4240. The van der Waals surface area contributed by atoms with Gasteiger partial charge in [-0.25, -0.2) is 27.4 Å². The van der Waals surface area contributed by atoms with Crippen molar-refractivity contribution in [3.05, 3.63) is 108 Å². The molecule has 4 aromatic heterocycles. The molecule has 5 fully saturated rings. The summed E-state index contributed by atoms with van der Waals surface area (Å²) in [6.07, 6.45) is -20.6. The number of hydrogen-bond donors (Lipinski definition) is 23. The van der Waals surface area contributed by atoms with E-state index >= 15 is 0 Å². The lowest BCUT2D eigenvalue weighted by Crippen LogP contribution is -2.33. The Morgan fingerprint density at radius 2 is 0.747 bits per heavy atom. The highest BCUT2D eigenvalue weighted by atomic mass is 35.9. The highest BCUT2D eigenvalue weighted by molar-refractivity contribution is 8.05. The van der Waals surface area contributed by atoms with Gasteiger partial charge in [0.25, 0.3) is 22.2 Å².